The minimum absolute atomic E-state index is 0.0487. The first-order valence-electron chi connectivity index (χ1n) is 4.58. The molecule has 1 amide bonds. The van der Waals surface area contributed by atoms with Crippen LogP contribution in [0.5, 0.6) is 0 Å². The Morgan fingerprint density at radius 3 is 2.56 bits per heavy atom. The summed E-state index contributed by atoms with van der Waals surface area (Å²) >= 11 is 3.06. The summed E-state index contributed by atoms with van der Waals surface area (Å²) < 4.78 is 15.2. The number of halogens is 2. The van der Waals surface area contributed by atoms with Crippen LogP contribution in [0.1, 0.15) is 13.8 Å². The largest absolute Gasteiger partial charge is 0.354 e. The normalized spacial score (nSPS) is 11.3. The third-order valence-corrected chi connectivity index (χ3v) is 2.46. The van der Waals surface area contributed by atoms with Gasteiger partial charge in [-0.15, -0.1) is 0 Å². The van der Waals surface area contributed by atoms with Crippen molar-refractivity contribution >= 4 is 27.5 Å². The molecule has 0 bridgehead atoms. The van der Waals surface area contributed by atoms with E-state index < -0.39 is 11.6 Å². The molecule has 0 aliphatic rings. The highest BCUT2D eigenvalue weighted by Crippen LogP contribution is 2.13. The molecule has 1 aromatic rings. The van der Waals surface area contributed by atoms with Crippen molar-refractivity contribution < 1.29 is 9.18 Å². The van der Waals surface area contributed by atoms with Crippen LogP contribution in [0.4, 0.5) is 10.1 Å². The Morgan fingerprint density at radius 1 is 1.50 bits per heavy atom. The summed E-state index contributed by atoms with van der Waals surface area (Å²) in [5, 5.41) is 2.25. The Morgan fingerprint density at radius 2 is 2.06 bits per heavy atom. The van der Waals surface area contributed by atoms with Gasteiger partial charge in [0.1, 0.15) is 5.69 Å². The summed E-state index contributed by atoms with van der Waals surface area (Å²) in [7, 11) is 1.69. The fraction of sp³-hybridized carbons (Fsp3) is 0.400. The van der Waals surface area contributed by atoms with Gasteiger partial charge < -0.3 is 9.88 Å². The predicted octanol–water partition coefficient (Wildman–Crippen LogP) is 1.83. The summed E-state index contributed by atoms with van der Waals surface area (Å²) in [5.41, 5.74) is -2.35. The minimum atomic E-state index is -2.02. The molecule has 0 radical (unpaired) electrons. The van der Waals surface area contributed by atoms with Gasteiger partial charge in [-0.25, -0.2) is 4.39 Å². The second kappa shape index (κ2) is 4.37. The number of nitrogens with zero attached hydrogens (tertiary/aromatic N) is 1. The first kappa shape index (κ1) is 12.9. The van der Waals surface area contributed by atoms with Crippen molar-refractivity contribution in [2.45, 2.75) is 19.5 Å². The van der Waals surface area contributed by atoms with Crippen LogP contribution in [0.15, 0.2) is 21.7 Å². The van der Waals surface area contributed by atoms with Crippen molar-refractivity contribution in [2.75, 3.05) is 5.32 Å². The SMILES string of the molecule is Cn1cc(Br)c(=O)c(NC(=O)C(C)(C)F)c1. The van der Waals surface area contributed by atoms with E-state index in [4.69, 9.17) is 0 Å². The number of pyridine rings is 1. The fourth-order valence-electron chi connectivity index (χ4n) is 1.03. The van der Waals surface area contributed by atoms with Crippen LogP contribution < -0.4 is 10.7 Å². The Hall–Kier alpha value is -1.17. The van der Waals surface area contributed by atoms with Gasteiger partial charge in [0.25, 0.3) is 5.91 Å². The maximum atomic E-state index is 13.3. The number of amides is 1. The van der Waals surface area contributed by atoms with Gasteiger partial charge in [-0.05, 0) is 29.8 Å². The molecule has 1 N–H and O–H groups in total. The van der Waals surface area contributed by atoms with E-state index in [1.807, 2.05) is 0 Å². The lowest BCUT2D eigenvalue weighted by molar-refractivity contribution is -0.125. The zero-order valence-electron chi connectivity index (χ0n) is 9.17. The monoisotopic (exact) mass is 290 g/mol. The molecule has 0 saturated carbocycles. The molecule has 0 aliphatic carbocycles. The standard InChI is InChI=1S/C10H12BrFN2O2/c1-10(2,12)9(16)13-7-5-14(3)4-6(11)8(7)15/h4-5H,1-3H3,(H,13,16). The summed E-state index contributed by atoms with van der Waals surface area (Å²) in [6.45, 7) is 2.26. The zero-order chi connectivity index (χ0) is 12.5. The van der Waals surface area contributed by atoms with Crippen molar-refractivity contribution in [1.82, 2.24) is 4.57 Å². The maximum absolute atomic E-state index is 13.3. The Balaban J connectivity index is 3.08. The second-order valence-electron chi connectivity index (χ2n) is 3.94. The maximum Gasteiger partial charge on any atom is 0.261 e. The van der Waals surface area contributed by atoms with Crippen molar-refractivity contribution in [1.29, 1.82) is 0 Å². The van der Waals surface area contributed by atoms with Crippen LogP contribution in [-0.4, -0.2) is 16.1 Å². The van der Waals surface area contributed by atoms with Gasteiger partial charge in [0, 0.05) is 19.4 Å². The molecule has 0 aliphatic heterocycles. The Labute approximate surface area is 101 Å². The van der Waals surface area contributed by atoms with Crippen LogP contribution >= 0.6 is 15.9 Å². The highest BCUT2D eigenvalue weighted by atomic mass is 79.9. The van der Waals surface area contributed by atoms with Crippen LogP contribution in [-0.2, 0) is 11.8 Å². The lowest BCUT2D eigenvalue weighted by Crippen LogP contribution is -2.34. The van der Waals surface area contributed by atoms with Crippen LogP contribution in [0.25, 0.3) is 0 Å². The average Bonchev–Trinajstić information content (AvgIpc) is 2.11. The number of hydrogen-bond donors (Lipinski definition) is 1. The van der Waals surface area contributed by atoms with Crippen molar-refractivity contribution in [3.63, 3.8) is 0 Å². The molecule has 0 spiro atoms. The lowest BCUT2D eigenvalue weighted by atomic mass is 10.1. The smallest absolute Gasteiger partial charge is 0.261 e. The lowest BCUT2D eigenvalue weighted by Gasteiger charge is -2.14. The number of aryl methyl sites for hydroxylation is 1. The topological polar surface area (TPSA) is 51.1 Å². The third kappa shape index (κ3) is 2.91. The van der Waals surface area contributed by atoms with Crippen molar-refractivity contribution in [3.05, 3.63) is 27.1 Å². The molecule has 0 fully saturated rings. The minimum Gasteiger partial charge on any atom is -0.354 e. The Kier molecular flexibility index (Phi) is 3.52. The van der Waals surface area contributed by atoms with E-state index in [-0.39, 0.29) is 11.1 Å². The van der Waals surface area contributed by atoms with E-state index in [1.165, 1.54) is 6.20 Å². The Bertz CT molecular complexity index is 477. The van der Waals surface area contributed by atoms with Gasteiger partial charge in [-0.3, -0.25) is 9.59 Å². The summed E-state index contributed by atoms with van der Waals surface area (Å²) in [5.74, 6) is -0.845. The van der Waals surface area contributed by atoms with Crippen LogP contribution in [0, 0.1) is 0 Å². The summed E-state index contributed by atoms with van der Waals surface area (Å²) in [6.07, 6.45) is 2.98. The molecule has 0 saturated heterocycles. The number of nitrogens with one attached hydrogen (secondary N) is 1. The molecular formula is C10H12BrFN2O2. The van der Waals surface area contributed by atoms with Gasteiger partial charge >= 0.3 is 0 Å². The van der Waals surface area contributed by atoms with E-state index in [9.17, 15) is 14.0 Å². The number of anilines is 1. The van der Waals surface area contributed by atoms with Gasteiger partial charge in [0.15, 0.2) is 5.67 Å². The van der Waals surface area contributed by atoms with Gasteiger partial charge in [-0.2, -0.15) is 0 Å². The van der Waals surface area contributed by atoms with Crippen LogP contribution in [0.3, 0.4) is 0 Å². The molecule has 6 heteroatoms. The van der Waals surface area contributed by atoms with E-state index >= 15 is 0 Å². The van der Waals surface area contributed by atoms with E-state index in [0.717, 1.165) is 13.8 Å². The zero-order valence-corrected chi connectivity index (χ0v) is 10.8. The number of carbonyl (C=O) groups is 1. The van der Waals surface area contributed by atoms with Gasteiger partial charge in [-0.1, -0.05) is 0 Å². The highest BCUT2D eigenvalue weighted by molar-refractivity contribution is 9.10. The molecule has 0 atom stereocenters. The van der Waals surface area contributed by atoms with E-state index in [0.29, 0.717) is 4.47 Å². The van der Waals surface area contributed by atoms with Gasteiger partial charge in [0.2, 0.25) is 5.43 Å². The van der Waals surface area contributed by atoms with E-state index in [1.54, 1.807) is 17.8 Å². The quantitative estimate of drug-likeness (QED) is 0.904. The molecule has 0 unspecified atom stereocenters. The highest BCUT2D eigenvalue weighted by Gasteiger charge is 2.27. The number of hydrogen-bond acceptors (Lipinski definition) is 2. The first-order chi connectivity index (χ1) is 7.21. The second-order valence-corrected chi connectivity index (χ2v) is 4.80. The summed E-state index contributed by atoms with van der Waals surface area (Å²) in [4.78, 5) is 22.9. The number of aromatic nitrogens is 1. The summed E-state index contributed by atoms with van der Waals surface area (Å²) in [6, 6.07) is 0. The number of alkyl halides is 1. The van der Waals surface area contributed by atoms with E-state index in [2.05, 4.69) is 21.2 Å². The third-order valence-electron chi connectivity index (χ3n) is 1.90. The predicted molar refractivity (Wildman–Crippen MR) is 63.2 cm³/mol. The average molecular weight is 291 g/mol. The molecule has 4 nitrogen and oxygen atoms in total. The molecule has 0 aromatic carbocycles. The molecule has 88 valence electrons. The number of rotatable bonds is 2. The molecular weight excluding hydrogens is 279 g/mol. The van der Waals surface area contributed by atoms with Crippen molar-refractivity contribution in [3.8, 4) is 0 Å². The first-order valence-corrected chi connectivity index (χ1v) is 5.37. The fourth-order valence-corrected chi connectivity index (χ4v) is 1.56. The molecule has 1 heterocycles. The number of carbonyl (C=O) groups excluding carboxylic acids is 1. The van der Waals surface area contributed by atoms with Crippen LogP contribution in [0.2, 0.25) is 0 Å². The molecule has 1 aromatic heterocycles. The van der Waals surface area contributed by atoms with Gasteiger partial charge in [0.05, 0.1) is 4.47 Å². The molecule has 16 heavy (non-hydrogen) atoms. The molecule has 1 rings (SSSR count). The van der Waals surface area contributed by atoms with Crippen molar-refractivity contribution in [2.24, 2.45) is 7.05 Å².